The summed E-state index contributed by atoms with van der Waals surface area (Å²) in [7, 11) is -0.572. The molecule has 0 spiro atoms. The third-order valence-electron chi connectivity index (χ3n) is 2.66. The SMILES string of the molecule is COc1cc(OC)c(NS(=O)(=O)CCNC(C)C)cc1Cl. The van der Waals surface area contributed by atoms with E-state index < -0.39 is 10.0 Å². The summed E-state index contributed by atoms with van der Waals surface area (Å²) in [5.74, 6) is 0.715. The van der Waals surface area contributed by atoms with E-state index in [0.29, 0.717) is 23.1 Å². The number of rotatable bonds is 8. The molecule has 1 aromatic rings. The normalized spacial score (nSPS) is 11.5. The maximum Gasteiger partial charge on any atom is 0.234 e. The summed E-state index contributed by atoms with van der Waals surface area (Å²) >= 11 is 6.01. The van der Waals surface area contributed by atoms with Gasteiger partial charge in [-0.1, -0.05) is 25.4 Å². The van der Waals surface area contributed by atoms with Crippen LogP contribution in [0.4, 0.5) is 5.69 Å². The number of anilines is 1. The van der Waals surface area contributed by atoms with E-state index in [0.717, 1.165) is 0 Å². The van der Waals surface area contributed by atoms with E-state index in [1.54, 1.807) is 0 Å². The summed E-state index contributed by atoms with van der Waals surface area (Å²) in [6, 6.07) is 3.23. The Morgan fingerprint density at radius 2 is 1.81 bits per heavy atom. The highest BCUT2D eigenvalue weighted by Crippen LogP contribution is 2.36. The first-order valence-electron chi connectivity index (χ1n) is 6.44. The molecule has 1 rings (SSSR count). The molecule has 0 saturated heterocycles. The van der Waals surface area contributed by atoms with Gasteiger partial charge in [-0.05, 0) is 6.07 Å². The number of hydrogen-bond donors (Lipinski definition) is 2. The zero-order valence-corrected chi connectivity index (χ0v) is 14.1. The number of benzene rings is 1. The van der Waals surface area contributed by atoms with Crippen LogP contribution in [0, 0.1) is 0 Å². The minimum Gasteiger partial charge on any atom is -0.495 e. The summed E-state index contributed by atoms with van der Waals surface area (Å²) in [4.78, 5) is 0. The molecule has 0 aromatic heterocycles. The lowest BCUT2D eigenvalue weighted by Gasteiger charge is -2.14. The Morgan fingerprint density at radius 1 is 1.19 bits per heavy atom. The summed E-state index contributed by atoms with van der Waals surface area (Å²) in [5, 5.41) is 3.35. The first kappa shape index (κ1) is 17.9. The zero-order chi connectivity index (χ0) is 16.0. The van der Waals surface area contributed by atoms with E-state index in [-0.39, 0.29) is 17.5 Å². The summed E-state index contributed by atoms with van der Waals surface area (Å²) in [6.07, 6.45) is 0. The Morgan fingerprint density at radius 3 is 2.33 bits per heavy atom. The monoisotopic (exact) mass is 336 g/mol. The molecule has 0 aliphatic rings. The molecule has 0 amide bonds. The van der Waals surface area contributed by atoms with Gasteiger partial charge in [-0.3, -0.25) is 4.72 Å². The Kier molecular flexibility index (Phi) is 6.57. The van der Waals surface area contributed by atoms with Crippen LogP contribution in [-0.4, -0.2) is 41.0 Å². The first-order chi connectivity index (χ1) is 9.79. The molecule has 0 unspecified atom stereocenters. The van der Waals surface area contributed by atoms with Crippen molar-refractivity contribution in [1.29, 1.82) is 0 Å². The van der Waals surface area contributed by atoms with Gasteiger partial charge in [0.1, 0.15) is 11.5 Å². The van der Waals surface area contributed by atoms with Crippen LogP contribution in [0.3, 0.4) is 0 Å². The minimum absolute atomic E-state index is 0.0437. The lowest BCUT2D eigenvalue weighted by Crippen LogP contribution is -2.31. The van der Waals surface area contributed by atoms with Gasteiger partial charge >= 0.3 is 0 Å². The van der Waals surface area contributed by atoms with Gasteiger partial charge in [-0.25, -0.2) is 8.42 Å². The highest BCUT2D eigenvalue weighted by atomic mass is 35.5. The van der Waals surface area contributed by atoms with Gasteiger partial charge in [-0.15, -0.1) is 0 Å². The molecule has 0 atom stereocenters. The smallest absolute Gasteiger partial charge is 0.234 e. The largest absolute Gasteiger partial charge is 0.495 e. The van der Waals surface area contributed by atoms with Gasteiger partial charge in [0.05, 0.1) is 30.7 Å². The molecule has 0 saturated carbocycles. The number of ether oxygens (including phenoxy) is 2. The number of sulfonamides is 1. The van der Waals surface area contributed by atoms with Crippen LogP contribution in [0.15, 0.2) is 12.1 Å². The van der Waals surface area contributed by atoms with Gasteiger partial charge in [0.25, 0.3) is 0 Å². The van der Waals surface area contributed by atoms with E-state index in [1.165, 1.54) is 26.4 Å². The lowest BCUT2D eigenvalue weighted by atomic mass is 10.3. The van der Waals surface area contributed by atoms with Crippen molar-refractivity contribution in [2.75, 3.05) is 31.2 Å². The number of halogens is 1. The molecule has 6 nitrogen and oxygen atoms in total. The van der Waals surface area contributed by atoms with E-state index in [4.69, 9.17) is 21.1 Å². The molecule has 0 bridgehead atoms. The maximum atomic E-state index is 12.0. The first-order valence-corrected chi connectivity index (χ1v) is 8.47. The molecule has 0 aliphatic heterocycles. The van der Waals surface area contributed by atoms with Gasteiger partial charge in [0.2, 0.25) is 10.0 Å². The lowest BCUT2D eigenvalue weighted by molar-refractivity contribution is 0.396. The Balaban J connectivity index is 2.88. The molecule has 21 heavy (non-hydrogen) atoms. The topological polar surface area (TPSA) is 76.7 Å². The van der Waals surface area contributed by atoms with E-state index in [2.05, 4.69) is 10.0 Å². The van der Waals surface area contributed by atoms with Crippen LogP contribution in [0.25, 0.3) is 0 Å². The van der Waals surface area contributed by atoms with Crippen LogP contribution in [0.2, 0.25) is 5.02 Å². The van der Waals surface area contributed by atoms with Gasteiger partial charge in [0.15, 0.2) is 0 Å². The van der Waals surface area contributed by atoms with Crippen LogP contribution in [0.1, 0.15) is 13.8 Å². The zero-order valence-electron chi connectivity index (χ0n) is 12.6. The summed E-state index contributed by atoms with van der Waals surface area (Å²) in [6.45, 7) is 4.26. The highest BCUT2D eigenvalue weighted by molar-refractivity contribution is 7.92. The highest BCUT2D eigenvalue weighted by Gasteiger charge is 2.16. The molecule has 1 aromatic carbocycles. The van der Waals surface area contributed by atoms with Crippen molar-refractivity contribution >= 4 is 27.3 Å². The van der Waals surface area contributed by atoms with Crippen molar-refractivity contribution in [3.05, 3.63) is 17.2 Å². The van der Waals surface area contributed by atoms with Gasteiger partial charge in [-0.2, -0.15) is 0 Å². The third-order valence-corrected chi connectivity index (χ3v) is 4.23. The van der Waals surface area contributed by atoms with Crippen LogP contribution in [0.5, 0.6) is 11.5 Å². The standard InChI is InChI=1S/C13H21ClN2O4S/c1-9(2)15-5-6-21(17,18)16-11-7-10(14)12(19-3)8-13(11)20-4/h7-9,15-16H,5-6H2,1-4H3. The van der Waals surface area contributed by atoms with Crippen molar-refractivity contribution in [2.24, 2.45) is 0 Å². The average molecular weight is 337 g/mol. The van der Waals surface area contributed by atoms with Crippen molar-refractivity contribution in [3.63, 3.8) is 0 Å². The predicted molar refractivity (Wildman–Crippen MR) is 85.1 cm³/mol. The summed E-state index contributed by atoms with van der Waals surface area (Å²) < 4.78 is 36.8. The molecule has 0 radical (unpaired) electrons. The number of methoxy groups -OCH3 is 2. The second kappa shape index (κ2) is 7.72. The second-order valence-electron chi connectivity index (χ2n) is 4.72. The molecule has 120 valence electrons. The fourth-order valence-electron chi connectivity index (χ4n) is 1.64. The van der Waals surface area contributed by atoms with Crippen molar-refractivity contribution in [2.45, 2.75) is 19.9 Å². The Labute approximate surface area is 130 Å². The average Bonchev–Trinajstić information content (AvgIpc) is 2.37. The summed E-state index contributed by atoms with van der Waals surface area (Å²) in [5.41, 5.74) is 0.285. The Bertz CT molecular complexity index is 576. The van der Waals surface area contributed by atoms with Gasteiger partial charge in [0, 0.05) is 18.7 Å². The maximum absolute atomic E-state index is 12.0. The van der Waals surface area contributed by atoms with E-state index in [9.17, 15) is 8.42 Å². The molecule has 0 fully saturated rings. The molecule has 0 aliphatic carbocycles. The molecular formula is C13H21ClN2O4S. The Hall–Kier alpha value is -1.18. The third kappa shape index (κ3) is 5.61. The fourth-order valence-corrected chi connectivity index (χ4v) is 2.86. The van der Waals surface area contributed by atoms with Crippen LogP contribution in [-0.2, 0) is 10.0 Å². The molecule has 0 heterocycles. The fraction of sp³-hybridized carbons (Fsp3) is 0.538. The molecule has 8 heteroatoms. The number of nitrogens with one attached hydrogen (secondary N) is 2. The van der Waals surface area contributed by atoms with Crippen molar-refractivity contribution < 1.29 is 17.9 Å². The molecular weight excluding hydrogens is 316 g/mol. The van der Waals surface area contributed by atoms with E-state index >= 15 is 0 Å². The van der Waals surface area contributed by atoms with Gasteiger partial charge < -0.3 is 14.8 Å². The quantitative estimate of drug-likeness (QED) is 0.760. The second-order valence-corrected chi connectivity index (χ2v) is 6.97. The van der Waals surface area contributed by atoms with Crippen molar-refractivity contribution in [3.8, 4) is 11.5 Å². The number of hydrogen-bond acceptors (Lipinski definition) is 5. The minimum atomic E-state index is -3.49. The van der Waals surface area contributed by atoms with Crippen LogP contribution >= 0.6 is 11.6 Å². The van der Waals surface area contributed by atoms with Crippen molar-refractivity contribution in [1.82, 2.24) is 5.32 Å². The molecule has 2 N–H and O–H groups in total. The van der Waals surface area contributed by atoms with Crippen LogP contribution < -0.4 is 19.5 Å². The van der Waals surface area contributed by atoms with E-state index in [1.807, 2.05) is 13.8 Å². The predicted octanol–water partition coefficient (Wildman–Crippen LogP) is 2.10.